The van der Waals surface area contributed by atoms with Crippen LogP contribution < -0.4 is 20.1 Å². The molecule has 5 nitrogen and oxygen atoms in total. The topological polar surface area (TPSA) is 59.6 Å². The van der Waals surface area contributed by atoms with Crippen molar-refractivity contribution < 1.29 is 14.3 Å². The Kier molecular flexibility index (Phi) is 7.82. The number of ether oxygens (including phenoxy) is 2. The van der Waals surface area contributed by atoms with Crippen LogP contribution in [-0.4, -0.2) is 18.5 Å². The Labute approximate surface area is 212 Å². The predicted molar refractivity (Wildman–Crippen MR) is 143 cm³/mol. The minimum absolute atomic E-state index is 0.0966. The van der Waals surface area contributed by atoms with Gasteiger partial charge in [-0.2, -0.15) is 0 Å². The summed E-state index contributed by atoms with van der Waals surface area (Å²) in [5.74, 6) is 1.20. The summed E-state index contributed by atoms with van der Waals surface area (Å²) in [7, 11) is 1.62. The maximum absolute atomic E-state index is 12.5. The van der Waals surface area contributed by atoms with E-state index in [0.717, 1.165) is 23.2 Å². The van der Waals surface area contributed by atoms with E-state index in [1.807, 2.05) is 48.5 Å². The number of aryl methyl sites for hydroxylation is 1. The molecule has 1 aliphatic rings. The molecule has 0 bridgehead atoms. The molecule has 4 rings (SSSR count). The number of halogens is 1. The molecule has 0 saturated carbocycles. The lowest BCUT2D eigenvalue weighted by atomic mass is 10.1. The van der Waals surface area contributed by atoms with Crippen LogP contribution in [-0.2, 0) is 17.8 Å². The van der Waals surface area contributed by atoms with Gasteiger partial charge in [0, 0.05) is 9.26 Å². The maximum Gasteiger partial charge on any atom is 0.260 e. The van der Waals surface area contributed by atoms with Crippen LogP contribution >= 0.6 is 34.4 Å². The molecular weight excluding hydrogens is 547 g/mol. The largest absolute Gasteiger partial charge is 0.493 e. The third-order valence-electron chi connectivity index (χ3n) is 5.18. The van der Waals surface area contributed by atoms with E-state index in [1.54, 1.807) is 7.11 Å². The van der Waals surface area contributed by atoms with Crippen molar-refractivity contribution in [3.8, 4) is 11.5 Å². The number of thioether (sulfide) groups is 1. The Bertz CT molecular complexity index is 1150. The van der Waals surface area contributed by atoms with Crippen LogP contribution in [0.2, 0.25) is 0 Å². The molecule has 0 aliphatic carbocycles. The second-order valence-electron chi connectivity index (χ2n) is 7.50. The van der Waals surface area contributed by atoms with Crippen LogP contribution in [0, 0.1) is 3.57 Å². The highest BCUT2D eigenvalue weighted by atomic mass is 127. The van der Waals surface area contributed by atoms with Crippen LogP contribution in [0.25, 0.3) is 6.08 Å². The Hall–Kier alpha value is -2.65. The van der Waals surface area contributed by atoms with Gasteiger partial charge in [0.05, 0.1) is 12.0 Å². The molecule has 3 aromatic carbocycles. The third-order valence-corrected chi connectivity index (χ3v) is 6.93. The molecule has 0 spiro atoms. The van der Waals surface area contributed by atoms with Gasteiger partial charge in [-0.1, -0.05) is 49.0 Å². The first kappa shape index (κ1) is 23.5. The molecule has 0 unspecified atom stereocenters. The maximum atomic E-state index is 12.5. The quantitative estimate of drug-likeness (QED) is 0.255. The molecule has 0 radical (unpaired) electrons. The van der Waals surface area contributed by atoms with Gasteiger partial charge in [-0.15, -0.1) is 0 Å². The third kappa shape index (κ3) is 6.23. The summed E-state index contributed by atoms with van der Waals surface area (Å²) >= 11 is 3.74. The number of hydrogen-bond acceptors (Lipinski definition) is 5. The fraction of sp³-hybridized carbons (Fsp3) is 0.192. The Morgan fingerprint density at radius 2 is 1.76 bits per heavy atom. The van der Waals surface area contributed by atoms with Crippen LogP contribution in [0.1, 0.15) is 23.6 Å². The number of rotatable bonds is 8. The number of amides is 1. The van der Waals surface area contributed by atoms with E-state index in [4.69, 9.17) is 9.47 Å². The molecule has 3 aromatic rings. The molecule has 1 atom stereocenters. The fourth-order valence-corrected chi connectivity index (χ4v) is 4.68. The molecule has 1 amide bonds. The summed E-state index contributed by atoms with van der Waals surface area (Å²) in [5.41, 5.74) is 4.01. The van der Waals surface area contributed by atoms with Gasteiger partial charge >= 0.3 is 0 Å². The minimum Gasteiger partial charge on any atom is -0.493 e. The molecular formula is C26H25IN2O3S. The van der Waals surface area contributed by atoms with Crippen molar-refractivity contribution in [2.75, 3.05) is 12.4 Å². The molecule has 1 heterocycles. The van der Waals surface area contributed by atoms with Crippen molar-refractivity contribution >= 4 is 52.0 Å². The molecule has 33 heavy (non-hydrogen) atoms. The molecule has 7 heteroatoms. The second kappa shape index (κ2) is 11.0. The normalized spacial score (nSPS) is 16.5. The van der Waals surface area contributed by atoms with Crippen molar-refractivity contribution in [1.29, 1.82) is 0 Å². The monoisotopic (exact) mass is 572 g/mol. The number of anilines is 1. The van der Waals surface area contributed by atoms with E-state index in [-0.39, 0.29) is 11.4 Å². The van der Waals surface area contributed by atoms with Crippen molar-refractivity contribution in [1.82, 2.24) is 5.32 Å². The lowest BCUT2D eigenvalue weighted by molar-refractivity contribution is -0.116. The fourth-order valence-electron chi connectivity index (χ4n) is 3.34. The standard InChI is InChI=1S/C26H25IN2O3S/c1-3-17-6-11-21(12-7-17)28-26-29-25(30)24(33-26)15-19-8-13-22(23(14-19)31-2)32-16-18-4-9-20(27)10-5-18/h4-15,26,28H,3,16H2,1-2H3,(H,29,30)/b24-15-/t26-/m1/s1. The Balaban J connectivity index is 1.41. The van der Waals surface area contributed by atoms with Gasteiger partial charge in [-0.25, -0.2) is 0 Å². The number of carbonyl (C=O) groups excluding carboxylic acids is 1. The number of methoxy groups -OCH3 is 1. The van der Waals surface area contributed by atoms with Crippen molar-refractivity contribution in [2.24, 2.45) is 0 Å². The Morgan fingerprint density at radius 1 is 1.03 bits per heavy atom. The summed E-state index contributed by atoms with van der Waals surface area (Å²) in [6.07, 6.45) is 2.87. The van der Waals surface area contributed by atoms with Gasteiger partial charge < -0.3 is 20.1 Å². The highest BCUT2D eigenvalue weighted by Gasteiger charge is 2.27. The zero-order chi connectivity index (χ0) is 23.2. The first-order valence-electron chi connectivity index (χ1n) is 10.6. The zero-order valence-corrected chi connectivity index (χ0v) is 21.4. The van der Waals surface area contributed by atoms with Gasteiger partial charge in [0.15, 0.2) is 17.0 Å². The van der Waals surface area contributed by atoms with Crippen LogP contribution in [0.3, 0.4) is 0 Å². The molecule has 1 aliphatic heterocycles. The molecule has 0 aromatic heterocycles. The highest BCUT2D eigenvalue weighted by molar-refractivity contribution is 14.1. The zero-order valence-electron chi connectivity index (χ0n) is 18.4. The lowest BCUT2D eigenvalue weighted by Crippen LogP contribution is -2.30. The van der Waals surface area contributed by atoms with Gasteiger partial charge in [-0.3, -0.25) is 4.79 Å². The summed E-state index contributed by atoms with van der Waals surface area (Å²) in [5, 5.41) is 6.32. The van der Waals surface area contributed by atoms with Gasteiger partial charge in [0.1, 0.15) is 6.61 Å². The summed E-state index contributed by atoms with van der Waals surface area (Å²) in [6, 6.07) is 22.1. The molecule has 1 fully saturated rings. The lowest BCUT2D eigenvalue weighted by Gasteiger charge is -2.13. The predicted octanol–water partition coefficient (Wildman–Crippen LogP) is 6.04. The summed E-state index contributed by atoms with van der Waals surface area (Å²) in [6.45, 7) is 2.59. The first-order chi connectivity index (χ1) is 16.0. The van der Waals surface area contributed by atoms with E-state index >= 15 is 0 Å². The first-order valence-corrected chi connectivity index (χ1v) is 12.6. The number of benzene rings is 3. The smallest absolute Gasteiger partial charge is 0.260 e. The SMILES string of the molecule is CCc1ccc(N[C@@H]2NC(=O)/C(=C/c3ccc(OCc4ccc(I)cc4)c(OC)c3)S2)cc1. The minimum atomic E-state index is -0.213. The van der Waals surface area contributed by atoms with Crippen LogP contribution in [0.5, 0.6) is 11.5 Å². The van der Waals surface area contributed by atoms with Crippen molar-refractivity contribution in [3.05, 3.63) is 91.9 Å². The highest BCUT2D eigenvalue weighted by Crippen LogP contribution is 2.33. The second-order valence-corrected chi connectivity index (χ2v) is 9.89. The average Bonchev–Trinajstić information content (AvgIpc) is 3.17. The summed E-state index contributed by atoms with van der Waals surface area (Å²) < 4.78 is 12.7. The molecule has 2 N–H and O–H groups in total. The van der Waals surface area contributed by atoms with Crippen molar-refractivity contribution in [3.63, 3.8) is 0 Å². The number of hydrogen-bond donors (Lipinski definition) is 2. The van der Waals surface area contributed by atoms with E-state index in [9.17, 15) is 4.79 Å². The number of nitrogens with one attached hydrogen (secondary N) is 2. The van der Waals surface area contributed by atoms with Gasteiger partial charge in [-0.05, 0) is 88.2 Å². The van der Waals surface area contributed by atoms with Crippen LogP contribution in [0.15, 0.2) is 71.6 Å². The van der Waals surface area contributed by atoms with Crippen LogP contribution in [0.4, 0.5) is 5.69 Å². The van der Waals surface area contributed by atoms with E-state index in [1.165, 1.54) is 20.9 Å². The summed E-state index contributed by atoms with van der Waals surface area (Å²) in [4.78, 5) is 13.1. The molecule has 1 saturated heterocycles. The number of carbonyl (C=O) groups is 1. The Morgan fingerprint density at radius 3 is 2.45 bits per heavy atom. The van der Waals surface area contributed by atoms with Crippen molar-refractivity contribution in [2.45, 2.75) is 25.4 Å². The average molecular weight is 572 g/mol. The van der Waals surface area contributed by atoms with E-state index in [2.05, 4.69) is 64.4 Å². The van der Waals surface area contributed by atoms with Gasteiger partial charge in [0.2, 0.25) is 0 Å². The molecule has 170 valence electrons. The van der Waals surface area contributed by atoms with Gasteiger partial charge in [0.25, 0.3) is 5.91 Å². The van der Waals surface area contributed by atoms with E-state index in [0.29, 0.717) is 23.0 Å². The van der Waals surface area contributed by atoms with E-state index < -0.39 is 0 Å².